The molecule has 1 saturated heterocycles. The van der Waals surface area contributed by atoms with Crippen LogP contribution in [0.1, 0.15) is 52.9 Å². The Bertz CT molecular complexity index is 267. The van der Waals surface area contributed by atoms with Gasteiger partial charge in [0.2, 0.25) is 0 Å². The molecule has 0 bridgehead atoms. The summed E-state index contributed by atoms with van der Waals surface area (Å²) in [6.07, 6.45) is 6.84. The standard InChI is InChI=1S/C15H30N2O/c1-5-12-10-17(15(2,3)11-16-12)13-7-6-8-14(9-13)18-4/h12-14,16H,5-11H2,1-4H3. The predicted octanol–water partition coefficient (Wildman–Crippen LogP) is 2.41. The average Bonchev–Trinajstić information content (AvgIpc) is 2.38. The first-order valence-electron chi connectivity index (χ1n) is 7.59. The highest BCUT2D eigenvalue weighted by atomic mass is 16.5. The van der Waals surface area contributed by atoms with Crippen LogP contribution in [0.3, 0.4) is 0 Å². The van der Waals surface area contributed by atoms with Gasteiger partial charge in [0.25, 0.3) is 0 Å². The van der Waals surface area contributed by atoms with Crippen LogP contribution in [0.5, 0.6) is 0 Å². The second kappa shape index (κ2) is 5.89. The maximum Gasteiger partial charge on any atom is 0.0586 e. The molecule has 2 rings (SSSR count). The molecule has 106 valence electrons. The first kappa shape index (κ1) is 14.3. The van der Waals surface area contributed by atoms with Crippen molar-refractivity contribution in [1.29, 1.82) is 0 Å². The molecule has 3 heteroatoms. The molecule has 0 aromatic carbocycles. The summed E-state index contributed by atoms with van der Waals surface area (Å²) < 4.78 is 5.59. The smallest absolute Gasteiger partial charge is 0.0586 e. The van der Waals surface area contributed by atoms with Crippen LogP contribution in [-0.2, 0) is 4.74 Å². The molecule has 0 amide bonds. The highest BCUT2D eigenvalue weighted by Crippen LogP contribution is 2.31. The van der Waals surface area contributed by atoms with Crippen molar-refractivity contribution in [2.75, 3.05) is 20.2 Å². The summed E-state index contributed by atoms with van der Waals surface area (Å²) >= 11 is 0. The van der Waals surface area contributed by atoms with E-state index in [9.17, 15) is 0 Å². The topological polar surface area (TPSA) is 24.5 Å². The third-order valence-corrected chi connectivity index (χ3v) is 4.88. The van der Waals surface area contributed by atoms with Crippen LogP contribution in [0.15, 0.2) is 0 Å². The quantitative estimate of drug-likeness (QED) is 0.837. The van der Waals surface area contributed by atoms with Gasteiger partial charge in [-0.05, 0) is 46.0 Å². The van der Waals surface area contributed by atoms with Crippen LogP contribution in [0, 0.1) is 0 Å². The van der Waals surface area contributed by atoms with Crippen molar-refractivity contribution in [1.82, 2.24) is 10.2 Å². The highest BCUT2D eigenvalue weighted by molar-refractivity contribution is 4.97. The van der Waals surface area contributed by atoms with Crippen LogP contribution in [-0.4, -0.2) is 48.8 Å². The molecule has 18 heavy (non-hydrogen) atoms. The first-order valence-corrected chi connectivity index (χ1v) is 7.59. The van der Waals surface area contributed by atoms with E-state index in [1.165, 1.54) is 38.6 Å². The summed E-state index contributed by atoms with van der Waals surface area (Å²) in [4.78, 5) is 2.75. The lowest BCUT2D eigenvalue weighted by Gasteiger charge is -2.51. The van der Waals surface area contributed by atoms with Gasteiger partial charge in [0, 0.05) is 37.8 Å². The molecule has 0 aromatic heterocycles. The number of rotatable bonds is 3. The third-order valence-electron chi connectivity index (χ3n) is 4.88. The van der Waals surface area contributed by atoms with Crippen molar-refractivity contribution in [2.45, 2.75) is 76.6 Å². The van der Waals surface area contributed by atoms with Crippen LogP contribution in [0.4, 0.5) is 0 Å². The van der Waals surface area contributed by atoms with Gasteiger partial charge in [-0.15, -0.1) is 0 Å². The Hall–Kier alpha value is -0.120. The summed E-state index contributed by atoms with van der Waals surface area (Å²) in [6, 6.07) is 1.38. The molecular formula is C15H30N2O. The highest BCUT2D eigenvalue weighted by Gasteiger charge is 2.39. The maximum absolute atomic E-state index is 5.59. The van der Waals surface area contributed by atoms with Crippen molar-refractivity contribution >= 4 is 0 Å². The van der Waals surface area contributed by atoms with E-state index >= 15 is 0 Å². The Kier molecular flexibility index (Phi) is 4.68. The lowest BCUT2D eigenvalue weighted by atomic mass is 9.86. The van der Waals surface area contributed by atoms with E-state index in [0.717, 1.165) is 12.6 Å². The largest absolute Gasteiger partial charge is 0.381 e. The SMILES string of the molecule is CCC1CN(C2CCCC(OC)C2)C(C)(C)CN1. The number of nitrogens with one attached hydrogen (secondary N) is 1. The van der Waals surface area contributed by atoms with Gasteiger partial charge in [-0.3, -0.25) is 4.90 Å². The maximum atomic E-state index is 5.59. The molecule has 1 aliphatic carbocycles. The fraction of sp³-hybridized carbons (Fsp3) is 1.00. The Balaban J connectivity index is 2.03. The minimum Gasteiger partial charge on any atom is -0.381 e. The Morgan fingerprint density at radius 2 is 2.11 bits per heavy atom. The van der Waals surface area contributed by atoms with E-state index in [1.54, 1.807) is 0 Å². The van der Waals surface area contributed by atoms with Crippen molar-refractivity contribution in [3.8, 4) is 0 Å². The molecule has 3 nitrogen and oxygen atoms in total. The van der Waals surface area contributed by atoms with Crippen molar-refractivity contribution < 1.29 is 4.74 Å². The monoisotopic (exact) mass is 254 g/mol. The van der Waals surface area contributed by atoms with E-state index < -0.39 is 0 Å². The molecule has 0 aromatic rings. The van der Waals surface area contributed by atoms with Gasteiger partial charge < -0.3 is 10.1 Å². The van der Waals surface area contributed by atoms with E-state index in [0.29, 0.717) is 12.1 Å². The lowest BCUT2D eigenvalue weighted by molar-refractivity contribution is -0.0275. The van der Waals surface area contributed by atoms with Crippen LogP contribution in [0.2, 0.25) is 0 Å². The zero-order valence-corrected chi connectivity index (χ0v) is 12.5. The second-order valence-corrected chi connectivity index (χ2v) is 6.63. The fourth-order valence-electron chi connectivity index (χ4n) is 3.58. The second-order valence-electron chi connectivity index (χ2n) is 6.63. The van der Waals surface area contributed by atoms with Crippen molar-refractivity contribution in [3.63, 3.8) is 0 Å². The molecule has 0 radical (unpaired) electrons. The molecule has 0 spiro atoms. The zero-order valence-electron chi connectivity index (χ0n) is 12.5. The van der Waals surface area contributed by atoms with Gasteiger partial charge in [-0.25, -0.2) is 0 Å². The van der Waals surface area contributed by atoms with Crippen LogP contribution >= 0.6 is 0 Å². The molecule has 1 saturated carbocycles. The molecule has 3 unspecified atom stereocenters. The number of hydrogen-bond donors (Lipinski definition) is 1. The van der Waals surface area contributed by atoms with Crippen molar-refractivity contribution in [3.05, 3.63) is 0 Å². The molecule has 1 heterocycles. The molecular weight excluding hydrogens is 224 g/mol. The summed E-state index contributed by atoms with van der Waals surface area (Å²) in [5, 5.41) is 3.68. The number of hydrogen-bond acceptors (Lipinski definition) is 3. The molecule has 2 fully saturated rings. The van der Waals surface area contributed by atoms with Gasteiger partial charge in [0.15, 0.2) is 0 Å². The summed E-state index contributed by atoms with van der Waals surface area (Å²) in [6.45, 7) is 9.35. The van der Waals surface area contributed by atoms with Crippen LogP contribution < -0.4 is 5.32 Å². The minimum atomic E-state index is 0.284. The zero-order chi connectivity index (χ0) is 13.2. The minimum absolute atomic E-state index is 0.284. The number of nitrogens with zero attached hydrogens (tertiary/aromatic N) is 1. The number of ether oxygens (including phenoxy) is 1. The average molecular weight is 254 g/mol. The van der Waals surface area contributed by atoms with Gasteiger partial charge >= 0.3 is 0 Å². The lowest BCUT2D eigenvalue weighted by Crippen LogP contribution is -2.65. The van der Waals surface area contributed by atoms with Crippen LogP contribution in [0.25, 0.3) is 0 Å². The van der Waals surface area contributed by atoms with Gasteiger partial charge in [-0.1, -0.05) is 6.92 Å². The summed E-state index contributed by atoms with van der Waals surface area (Å²) in [5.74, 6) is 0. The molecule has 3 atom stereocenters. The molecule has 1 aliphatic heterocycles. The third kappa shape index (κ3) is 3.06. The van der Waals surface area contributed by atoms with Crippen molar-refractivity contribution in [2.24, 2.45) is 0 Å². The van der Waals surface area contributed by atoms with E-state index in [2.05, 4.69) is 31.0 Å². The van der Waals surface area contributed by atoms with E-state index in [-0.39, 0.29) is 5.54 Å². The Morgan fingerprint density at radius 1 is 1.33 bits per heavy atom. The molecule has 2 aliphatic rings. The predicted molar refractivity (Wildman–Crippen MR) is 75.9 cm³/mol. The number of methoxy groups -OCH3 is 1. The number of piperazine rings is 1. The summed E-state index contributed by atoms with van der Waals surface area (Å²) in [7, 11) is 1.87. The van der Waals surface area contributed by atoms with Gasteiger partial charge in [0.05, 0.1) is 6.10 Å². The fourth-order valence-corrected chi connectivity index (χ4v) is 3.58. The first-order chi connectivity index (χ1) is 8.56. The Labute approximate surface area is 112 Å². The normalized spacial score (nSPS) is 37.7. The summed E-state index contributed by atoms with van der Waals surface area (Å²) in [5.41, 5.74) is 0.284. The molecule has 1 N–H and O–H groups in total. The van der Waals surface area contributed by atoms with E-state index in [1.807, 2.05) is 7.11 Å². The van der Waals surface area contributed by atoms with Gasteiger partial charge in [-0.2, -0.15) is 0 Å². The van der Waals surface area contributed by atoms with Gasteiger partial charge in [0.1, 0.15) is 0 Å². The Morgan fingerprint density at radius 3 is 2.78 bits per heavy atom. The van der Waals surface area contributed by atoms with E-state index in [4.69, 9.17) is 4.74 Å².